The second-order valence-electron chi connectivity index (χ2n) is 5.35. The van der Waals surface area contributed by atoms with E-state index in [1.165, 1.54) is 5.56 Å². The van der Waals surface area contributed by atoms with Gasteiger partial charge in [-0.05, 0) is 31.5 Å². The maximum atomic E-state index is 5.53. The van der Waals surface area contributed by atoms with Gasteiger partial charge in [0, 0.05) is 24.2 Å². The Kier molecular flexibility index (Phi) is 4.75. The molecular formula is C16H23N5. The first kappa shape index (κ1) is 15.3. The molecule has 0 unspecified atom stereocenters. The lowest BCUT2D eigenvalue weighted by atomic mass is 10.2. The number of anilines is 3. The molecule has 1 aromatic carbocycles. The molecule has 21 heavy (non-hydrogen) atoms. The van der Waals surface area contributed by atoms with Crippen molar-refractivity contribution in [2.45, 2.75) is 33.6 Å². The van der Waals surface area contributed by atoms with Crippen LogP contribution in [0, 0.1) is 6.92 Å². The molecule has 5 heteroatoms. The molecule has 0 saturated carbocycles. The summed E-state index contributed by atoms with van der Waals surface area (Å²) in [5.74, 6) is 8.05. The molecule has 1 aromatic heterocycles. The number of hydrogen-bond donors (Lipinski definition) is 2. The standard InChI is InChI=1S/C16H23N5/c1-5-21(13-8-6-7-12(4)9-13)15-10-14(20-17)18-16(19-15)11(2)3/h6-11H,5,17H2,1-4H3,(H,18,19,20). The second-order valence-corrected chi connectivity index (χ2v) is 5.35. The largest absolute Gasteiger partial charge is 0.326 e. The Hall–Kier alpha value is -2.14. The Morgan fingerprint density at radius 2 is 2.00 bits per heavy atom. The van der Waals surface area contributed by atoms with E-state index in [9.17, 15) is 0 Å². The van der Waals surface area contributed by atoms with E-state index >= 15 is 0 Å². The molecule has 0 spiro atoms. The van der Waals surface area contributed by atoms with Gasteiger partial charge in [0.05, 0.1) is 0 Å². The molecule has 0 aliphatic rings. The highest BCUT2D eigenvalue weighted by molar-refractivity contribution is 5.63. The van der Waals surface area contributed by atoms with Crippen molar-refractivity contribution in [1.82, 2.24) is 9.97 Å². The Bertz CT molecular complexity index is 609. The average molecular weight is 285 g/mol. The van der Waals surface area contributed by atoms with E-state index in [0.29, 0.717) is 5.82 Å². The lowest BCUT2D eigenvalue weighted by Crippen LogP contribution is -2.20. The van der Waals surface area contributed by atoms with Gasteiger partial charge in [-0.25, -0.2) is 15.8 Å². The van der Waals surface area contributed by atoms with Crippen LogP contribution in [0.1, 0.15) is 38.1 Å². The Morgan fingerprint density at radius 3 is 2.57 bits per heavy atom. The smallest absolute Gasteiger partial charge is 0.145 e. The SMILES string of the molecule is CCN(c1cccc(C)c1)c1cc(NN)nc(C(C)C)n1. The Balaban J connectivity index is 2.48. The Labute approximate surface area is 126 Å². The van der Waals surface area contributed by atoms with Crippen molar-refractivity contribution in [3.05, 3.63) is 41.7 Å². The number of hydrazine groups is 1. The van der Waals surface area contributed by atoms with E-state index in [0.717, 1.165) is 23.9 Å². The molecule has 0 amide bonds. The van der Waals surface area contributed by atoms with Crippen molar-refractivity contribution >= 4 is 17.3 Å². The van der Waals surface area contributed by atoms with Crippen LogP contribution in [0.25, 0.3) is 0 Å². The van der Waals surface area contributed by atoms with Crippen LogP contribution in [0.4, 0.5) is 17.3 Å². The summed E-state index contributed by atoms with van der Waals surface area (Å²) in [4.78, 5) is 11.2. The number of rotatable bonds is 5. The lowest BCUT2D eigenvalue weighted by Gasteiger charge is -2.24. The van der Waals surface area contributed by atoms with Crippen LogP contribution < -0.4 is 16.2 Å². The summed E-state index contributed by atoms with van der Waals surface area (Å²) in [6.45, 7) is 9.16. The highest BCUT2D eigenvalue weighted by Gasteiger charge is 2.13. The predicted molar refractivity (Wildman–Crippen MR) is 87.8 cm³/mol. The third-order valence-corrected chi connectivity index (χ3v) is 3.30. The highest BCUT2D eigenvalue weighted by atomic mass is 15.3. The van der Waals surface area contributed by atoms with E-state index in [1.54, 1.807) is 0 Å². The average Bonchev–Trinajstić information content (AvgIpc) is 2.47. The first-order chi connectivity index (χ1) is 10.0. The van der Waals surface area contributed by atoms with Crippen molar-refractivity contribution in [2.24, 2.45) is 5.84 Å². The predicted octanol–water partition coefficient (Wildman–Crippen LogP) is 3.35. The van der Waals surface area contributed by atoms with Crippen molar-refractivity contribution in [1.29, 1.82) is 0 Å². The van der Waals surface area contributed by atoms with Crippen LogP contribution in [-0.2, 0) is 0 Å². The van der Waals surface area contributed by atoms with Crippen LogP contribution in [0.5, 0.6) is 0 Å². The minimum absolute atomic E-state index is 0.244. The van der Waals surface area contributed by atoms with Gasteiger partial charge in [-0.1, -0.05) is 26.0 Å². The summed E-state index contributed by atoms with van der Waals surface area (Å²) in [6, 6.07) is 10.3. The van der Waals surface area contributed by atoms with Gasteiger partial charge in [-0.2, -0.15) is 0 Å². The van der Waals surface area contributed by atoms with E-state index in [2.05, 4.69) is 72.3 Å². The van der Waals surface area contributed by atoms with Crippen LogP contribution in [0.3, 0.4) is 0 Å². The fourth-order valence-electron chi connectivity index (χ4n) is 2.20. The lowest BCUT2D eigenvalue weighted by molar-refractivity contribution is 0.770. The summed E-state index contributed by atoms with van der Waals surface area (Å²) in [5, 5.41) is 0. The first-order valence-electron chi connectivity index (χ1n) is 7.25. The minimum Gasteiger partial charge on any atom is -0.326 e. The molecular weight excluding hydrogens is 262 g/mol. The molecule has 0 aliphatic heterocycles. The molecule has 0 bridgehead atoms. The van der Waals surface area contributed by atoms with Gasteiger partial charge in [-0.15, -0.1) is 0 Å². The van der Waals surface area contributed by atoms with Crippen LogP contribution >= 0.6 is 0 Å². The van der Waals surface area contributed by atoms with E-state index < -0.39 is 0 Å². The quantitative estimate of drug-likeness (QED) is 0.651. The first-order valence-corrected chi connectivity index (χ1v) is 7.25. The van der Waals surface area contributed by atoms with Gasteiger partial charge in [-0.3, -0.25) is 0 Å². The molecule has 2 aromatic rings. The van der Waals surface area contributed by atoms with Gasteiger partial charge in [0.15, 0.2) is 0 Å². The normalized spacial score (nSPS) is 10.8. The number of nitrogen functional groups attached to an aromatic ring is 1. The molecule has 5 nitrogen and oxygen atoms in total. The molecule has 0 fully saturated rings. The number of aryl methyl sites for hydroxylation is 1. The molecule has 0 saturated heterocycles. The summed E-state index contributed by atoms with van der Waals surface area (Å²) in [5.41, 5.74) is 4.97. The Morgan fingerprint density at radius 1 is 1.24 bits per heavy atom. The van der Waals surface area contributed by atoms with E-state index in [-0.39, 0.29) is 5.92 Å². The van der Waals surface area contributed by atoms with Gasteiger partial charge in [0.1, 0.15) is 17.5 Å². The third-order valence-electron chi connectivity index (χ3n) is 3.30. The fraction of sp³-hybridized carbons (Fsp3) is 0.375. The third kappa shape index (κ3) is 3.49. The summed E-state index contributed by atoms with van der Waals surface area (Å²) in [6.07, 6.45) is 0. The van der Waals surface area contributed by atoms with Crippen LogP contribution in [0.2, 0.25) is 0 Å². The molecule has 1 heterocycles. The summed E-state index contributed by atoms with van der Waals surface area (Å²) < 4.78 is 0. The number of nitrogens with two attached hydrogens (primary N) is 1. The maximum Gasteiger partial charge on any atom is 0.145 e. The van der Waals surface area contributed by atoms with Crippen molar-refractivity contribution in [2.75, 3.05) is 16.9 Å². The zero-order valence-electron chi connectivity index (χ0n) is 13.1. The fourth-order valence-corrected chi connectivity index (χ4v) is 2.20. The van der Waals surface area contributed by atoms with Crippen LogP contribution in [-0.4, -0.2) is 16.5 Å². The second kappa shape index (κ2) is 6.54. The molecule has 112 valence electrons. The van der Waals surface area contributed by atoms with E-state index in [4.69, 9.17) is 5.84 Å². The molecule has 0 atom stereocenters. The zero-order chi connectivity index (χ0) is 15.4. The number of nitrogens with one attached hydrogen (secondary N) is 1. The highest BCUT2D eigenvalue weighted by Crippen LogP contribution is 2.27. The summed E-state index contributed by atoms with van der Waals surface area (Å²) in [7, 11) is 0. The van der Waals surface area contributed by atoms with Gasteiger partial charge < -0.3 is 10.3 Å². The number of hydrogen-bond acceptors (Lipinski definition) is 5. The zero-order valence-corrected chi connectivity index (χ0v) is 13.1. The van der Waals surface area contributed by atoms with Crippen molar-refractivity contribution in [3.8, 4) is 0 Å². The monoisotopic (exact) mass is 285 g/mol. The topological polar surface area (TPSA) is 67.1 Å². The maximum absolute atomic E-state index is 5.53. The summed E-state index contributed by atoms with van der Waals surface area (Å²) >= 11 is 0. The minimum atomic E-state index is 0.244. The number of aromatic nitrogens is 2. The van der Waals surface area contributed by atoms with E-state index in [1.807, 2.05) is 6.07 Å². The number of benzene rings is 1. The molecule has 0 radical (unpaired) electrons. The molecule has 3 N–H and O–H groups in total. The molecule has 0 aliphatic carbocycles. The van der Waals surface area contributed by atoms with Crippen molar-refractivity contribution in [3.63, 3.8) is 0 Å². The van der Waals surface area contributed by atoms with Crippen LogP contribution in [0.15, 0.2) is 30.3 Å². The molecule has 2 rings (SSSR count). The van der Waals surface area contributed by atoms with Gasteiger partial charge >= 0.3 is 0 Å². The number of nitrogens with zero attached hydrogens (tertiary/aromatic N) is 3. The van der Waals surface area contributed by atoms with Gasteiger partial charge in [0.2, 0.25) is 0 Å². The van der Waals surface area contributed by atoms with Crippen molar-refractivity contribution < 1.29 is 0 Å². The van der Waals surface area contributed by atoms with Gasteiger partial charge in [0.25, 0.3) is 0 Å².